The minimum absolute atomic E-state index is 0.119. The van der Waals surface area contributed by atoms with Crippen molar-refractivity contribution in [3.8, 4) is 0 Å². The zero-order valence-corrected chi connectivity index (χ0v) is 18.9. The molecular formula is C27H30NOP. The Morgan fingerprint density at radius 3 is 1.80 bits per heavy atom. The van der Waals surface area contributed by atoms with Gasteiger partial charge in [0.2, 0.25) is 0 Å². The van der Waals surface area contributed by atoms with Crippen LogP contribution in [-0.2, 0) is 4.74 Å². The molecule has 1 aliphatic rings. The predicted octanol–water partition coefficient (Wildman–Crippen LogP) is 6.09. The van der Waals surface area contributed by atoms with Crippen LogP contribution in [-0.4, -0.2) is 18.5 Å². The van der Waals surface area contributed by atoms with Gasteiger partial charge in [-0.15, -0.1) is 0 Å². The van der Waals surface area contributed by atoms with Gasteiger partial charge in [0.15, 0.2) is 5.90 Å². The molecule has 2 nitrogen and oxygen atoms in total. The Morgan fingerprint density at radius 1 is 0.833 bits per heavy atom. The number of aliphatic imine (C=N–C) groups is 1. The van der Waals surface area contributed by atoms with Crippen LogP contribution < -0.4 is 10.6 Å². The van der Waals surface area contributed by atoms with E-state index in [4.69, 9.17) is 9.73 Å². The number of benzene rings is 3. The minimum Gasteiger partial charge on any atom is -0.479 e. The van der Waals surface area contributed by atoms with Crippen molar-refractivity contribution in [2.45, 2.75) is 38.9 Å². The van der Waals surface area contributed by atoms with Crippen LogP contribution in [0, 0.1) is 5.41 Å². The summed E-state index contributed by atoms with van der Waals surface area (Å²) in [6.07, 6.45) is 0.825. The summed E-state index contributed by atoms with van der Waals surface area (Å²) in [5.41, 5.74) is 1.78. The second-order valence-corrected chi connectivity index (χ2v) is 11.3. The zero-order chi connectivity index (χ0) is 21.0. The van der Waals surface area contributed by atoms with E-state index in [1.807, 2.05) is 0 Å². The Morgan fingerprint density at radius 2 is 1.33 bits per heavy atom. The molecule has 1 aliphatic heterocycles. The van der Waals surface area contributed by atoms with E-state index in [2.05, 4.69) is 112 Å². The van der Waals surface area contributed by atoms with Gasteiger partial charge in [-0.2, -0.15) is 0 Å². The first-order chi connectivity index (χ1) is 14.5. The monoisotopic (exact) mass is 415 g/mol. The van der Waals surface area contributed by atoms with Crippen LogP contribution >= 0.6 is 7.92 Å². The molecule has 0 unspecified atom stereocenters. The van der Waals surface area contributed by atoms with Gasteiger partial charge in [-0.25, -0.2) is 4.99 Å². The highest BCUT2D eigenvalue weighted by Gasteiger charge is 2.33. The maximum absolute atomic E-state index is 6.13. The lowest BCUT2D eigenvalue weighted by Crippen LogP contribution is -2.25. The standard InChI is InChI=1S/C27H30NOP/c1-27(2,3)25-20-29-26(28-25)19-24(21-13-7-4-8-14-21)30(22-15-9-5-10-16-22)23-17-11-6-12-18-23/h4-18,24-25H,19-20H2,1-3H3/t24-,25-/m1/s1. The van der Waals surface area contributed by atoms with E-state index in [-0.39, 0.29) is 11.5 Å². The fourth-order valence-electron chi connectivity index (χ4n) is 3.86. The molecule has 0 saturated heterocycles. The summed E-state index contributed by atoms with van der Waals surface area (Å²) < 4.78 is 6.13. The normalized spacial score (nSPS) is 17.5. The van der Waals surface area contributed by atoms with Gasteiger partial charge in [-0.1, -0.05) is 112 Å². The number of nitrogens with zero attached hydrogens (tertiary/aromatic N) is 1. The highest BCUT2D eigenvalue weighted by molar-refractivity contribution is 7.73. The van der Waals surface area contributed by atoms with Crippen LogP contribution in [0.3, 0.4) is 0 Å². The molecule has 0 amide bonds. The molecule has 2 atom stereocenters. The first-order valence-electron chi connectivity index (χ1n) is 10.7. The molecule has 0 aliphatic carbocycles. The van der Waals surface area contributed by atoms with Crippen molar-refractivity contribution >= 4 is 24.4 Å². The van der Waals surface area contributed by atoms with Gasteiger partial charge < -0.3 is 4.74 Å². The quantitative estimate of drug-likeness (QED) is 0.446. The fraction of sp³-hybridized carbons (Fsp3) is 0.296. The molecule has 3 aromatic rings. The Labute approximate surface area is 181 Å². The van der Waals surface area contributed by atoms with Crippen molar-refractivity contribution < 1.29 is 4.74 Å². The Bertz CT molecular complexity index is 925. The van der Waals surface area contributed by atoms with Gasteiger partial charge in [0.05, 0.1) is 6.04 Å². The largest absolute Gasteiger partial charge is 0.479 e. The SMILES string of the molecule is CC(C)(C)[C@H]1COC(C[C@H](c2ccccc2)P(c2ccccc2)c2ccccc2)=N1. The molecule has 1 heterocycles. The average Bonchev–Trinajstić information content (AvgIpc) is 3.25. The van der Waals surface area contributed by atoms with Crippen molar-refractivity contribution in [3.05, 3.63) is 96.6 Å². The summed E-state index contributed by atoms with van der Waals surface area (Å²) in [6.45, 7) is 7.41. The van der Waals surface area contributed by atoms with E-state index in [0.717, 1.165) is 12.3 Å². The molecule has 3 heteroatoms. The van der Waals surface area contributed by atoms with Crippen LogP contribution in [0.5, 0.6) is 0 Å². The number of hydrogen-bond donors (Lipinski definition) is 0. The smallest absolute Gasteiger partial charge is 0.184 e. The molecule has 0 bridgehead atoms. The van der Waals surface area contributed by atoms with Crippen molar-refractivity contribution in [2.75, 3.05) is 6.61 Å². The first-order valence-corrected chi connectivity index (χ1v) is 12.1. The molecule has 0 aromatic heterocycles. The van der Waals surface area contributed by atoms with Gasteiger partial charge in [-0.3, -0.25) is 0 Å². The number of rotatable bonds is 6. The molecular weight excluding hydrogens is 385 g/mol. The van der Waals surface area contributed by atoms with Gasteiger partial charge in [0.25, 0.3) is 0 Å². The third-order valence-electron chi connectivity index (χ3n) is 5.64. The van der Waals surface area contributed by atoms with Crippen LogP contribution in [0.1, 0.15) is 38.4 Å². The van der Waals surface area contributed by atoms with E-state index in [0.29, 0.717) is 12.3 Å². The molecule has 4 rings (SSSR count). The third-order valence-corrected chi connectivity index (χ3v) is 8.45. The lowest BCUT2D eigenvalue weighted by Gasteiger charge is -2.29. The average molecular weight is 416 g/mol. The molecule has 0 spiro atoms. The molecule has 0 N–H and O–H groups in total. The van der Waals surface area contributed by atoms with Gasteiger partial charge in [0, 0.05) is 12.1 Å². The number of hydrogen-bond acceptors (Lipinski definition) is 2. The fourth-order valence-corrected chi connectivity index (χ4v) is 6.68. The summed E-state index contributed by atoms with van der Waals surface area (Å²) >= 11 is 0. The molecule has 0 fully saturated rings. The summed E-state index contributed by atoms with van der Waals surface area (Å²) in [6, 6.07) is 33.0. The van der Waals surface area contributed by atoms with E-state index in [9.17, 15) is 0 Å². The van der Waals surface area contributed by atoms with E-state index in [1.54, 1.807) is 0 Å². The van der Waals surface area contributed by atoms with Crippen molar-refractivity contribution in [1.82, 2.24) is 0 Å². The van der Waals surface area contributed by atoms with Gasteiger partial charge >= 0.3 is 0 Å². The summed E-state index contributed by atoms with van der Waals surface area (Å²) in [4.78, 5) is 5.00. The second-order valence-electron chi connectivity index (χ2n) is 8.89. The Hall–Kier alpha value is -2.44. The van der Waals surface area contributed by atoms with Crippen molar-refractivity contribution in [2.24, 2.45) is 10.4 Å². The van der Waals surface area contributed by atoms with E-state index >= 15 is 0 Å². The first kappa shape index (κ1) is 20.8. The molecule has 154 valence electrons. The zero-order valence-electron chi connectivity index (χ0n) is 18.0. The van der Waals surface area contributed by atoms with E-state index < -0.39 is 7.92 Å². The minimum atomic E-state index is -0.610. The van der Waals surface area contributed by atoms with Crippen LogP contribution in [0.2, 0.25) is 0 Å². The highest BCUT2D eigenvalue weighted by atomic mass is 31.1. The van der Waals surface area contributed by atoms with Crippen molar-refractivity contribution in [1.29, 1.82) is 0 Å². The number of ether oxygens (including phenoxy) is 1. The van der Waals surface area contributed by atoms with Crippen LogP contribution in [0.4, 0.5) is 0 Å². The Balaban J connectivity index is 1.76. The van der Waals surface area contributed by atoms with E-state index in [1.165, 1.54) is 16.2 Å². The lowest BCUT2D eigenvalue weighted by atomic mass is 9.88. The van der Waals surface area contributed by atoms with Crippen LogP contribution in [0.25, 0.3) is 0 Å². The van der Waals surface area contributed by atoms with Gasteiger partial charge in [-0.05, 0) is 29.5 Å². The summed E-state index contributed by atoms with van der Waals surface area (Å²) in [5.74, 6) is 0.906. The topological polar surface area (TPSA) is 21.6 Å². The summed E-state index contributed by atoms with van der Waals surface area (Å²) in [5, 5.41) is 2.78. The highest BCUT2D eigenvalue weighted by Crippen LogP contribution is 2.52. The van der Waals surface area contributed by atoms with Gasteiger partial charge in [0.1, 0.15) is 6.61 Å². The maximum atomic E-state index is 6.13. The lowest BCUT2D eigenvalue weighted by molar-refractivity contribution is 0.233. The molecule has 30 heavy (non-hydrogen) atoms. The van der Waals surface area contributed by atoms with Crippen LogP contribution in [0.15, 0.2) is 96.0 Å². The second kappa shape index (κ2) is 9.14. The maximum Gasteiger partial charge on any atom is 0.184 e. The Kier molecular flexibility index (Phi) is 6.35. The molecule has 0 radical (unpaired) electrons. The predicted molar refractivity (Wildman–Crippen MR) is 130 cm³/mol. The molecule has 0 saturated carbocycles. The summed E-state index contributed by atoms with van der Waals surface area (Å²) in [7, 11) is -0.610. The molecule has 3 aromatic carbocycles. The third kappa shape index (κ3) is 4.82. The van der Waals surface area contributed by atoms with Crippen molar-refractivity contribution in [3.63, 3.8) is 0 Å².